The second-order valence-electron chi connectivity index (χ2n) is 4.01. The molecule has 1 rings (SSSR count). The molecule has 0 aliphatic heterocycles. The summed E-state index contributed by atoms with van der Waals surface area (Å²) in [6.07, 6.45) is 8.64. The van der Waals surface area contributed by atoms with Crippen molar-refractivity contribution < 1.29 is 0 Å². The molecule has 0 saturated heterocycles. The summed E-state index contributed by atoms with van der Waals surface area (Å²) >= 11 is 0. The molecule has 0 spiro atoms. The Morgan fingerprint density at radius 3 is 2.73 bits per heavy atom. The van der Waals surface area contributed by atoms with Gasteiger partial charge in [0.25, 0.3) is 0 Å². The first-order chi connectivity index (χ1) is 7.27. The summed E-state index contributed by atoms with van der Waals surface area (Å²) in [5.74, 6) is 0. The first kappa shape index (κ1) is 11.8. The van der Waals surface area contributed by atoms with E-state index in [0.717, 1.165) is 0 Å². The molecular formula is C14H21N. The van der Waals surface area contributed by atoms with Gasteiger partial charge in [0.15, 0.2) is 0 Å². The molecule has 1 nitrogen and oxygen atoms in total. The summed E-state index contributed by atoms with van der Waals surface area (Å²) < 4.78 is 0. The van der Waals surface area contributed by atoms with E-state index in [0.29, 0.717) is 0 Å². The third-order valence-corrected chi connectivity index (χ3v) is 2.69. The zero-order valence-corrected chi connectivity index (χ0v) is 9.79. The number of benzene rings is 1. The van der Waals surface area contributed by atoms with Crippen molar-refractivity contribution in [2.45, 2.75) is 39.5 Å². The molecule has 82 valence electrons. The van der Waals surface area contributed by atoms with Crippen molar-refractivity contribution >= 4 is 6.08 Å². The molecule has 2 N–H and O–H groups in total. The predicted molar refractivity (Wildman–Crippen MR) is 67.6 cm³/mol. The Labute approximate surface area is 93.0 Å². The van der Waals surface area contributed by atoms with Gasteiger partial charge in [-0.15, -0.1) is 0 Å². The van der Waals surface area contributed by atoms with Gasteiger partial charge in [0.2, 0.25) is 0 Å². The average Bonchev–Trinajstić information content (AvgIpc) is 2.23. The summed E-state index contributed by atoms with van der Waals surface area (Å²) in [6, 6.07) is 6.64. The Bertz CT molecular complexity index is 326. The van der Waals surface area contributed by atoms with Gasteiger partial charge >= 0.3 is 0 Å². The maximum absolute atomic E-state index is 5.42. The average molecular weight is 203 g/mol. The first-order valence-corrected chi connectivity index (χ1v) is 5.75. The molecule has 0 saturated carbocycles. The second kappa shape index (κ2) is 6.28. The molecule has 0 unspecified atom stereocenters. The van der Waals surface area contributed by atoms with Gasteiger partial charge in [-0.25, -0.2) is 0 Å². The lowest BCUT2D eigenvalue weighted by atomic mass is 10.0. The molecule has 0 radical (unpaired) electrons. The summed E-state index contributed by atoms with van der Waals surface area (Å²) in [5.41, 5.74) is 9.37. The van der Waals surface area contributed by atoms with Gasteiger partial charge in [-0.2, -0.15) is 0 Å². The number of rotatable bonds is 5. The van der Waals surface area contributed by atoms with Crippen LogP contribution in [-0.2, 0) is 6.42 Å². The molecule has 0 atom stereocenters. The van der Waals surface area contributed by atoms with Gasteiger partial charge in [0, 0.05) is 0 Å². The molecule has 0 bridgehead atoms. The smallest absolute Gasteiger partial charge is 0.00563 e. The van der Waals surface area contributed by atoms with E-state index in [1.54, 1.807) is 6.20 Å². The third kappa shape index (κ3) is 3.78. The lowest BCUT2D eigenvalue weighted by Gasteiger charge is -2.05. The van der Waals surface area contributed by atoms with Crippen molar-refractivity contribution in [3.05, 3.63) is 41.1 Å². The summed E-state index contributed by atoms with van der Waals surface area (Å²) in [5, 5.41) is 0. The Balaban J connectivity index is 2.69. The van der Waals surface area contributed by atoms with Gasteiger partial charge in [0.05, 0.1) is 0 Å². The molecule has 0 aliphatic rings. The van der Waals surface area contributed by atoms with Crippen molar-refractivity contribution in [1.82, 2.24) is 0 Å². The Kier molecular flexibility index (Phi) is 4.96. The summed E-state index contributed by atoms with van der Waals surface area (Å²) in [7, 11) is 0. The topological polar surface area (TPSA) is 26.0 Å². The number of hydrogen-bond donors (Lipinski definition) is 1. The first-order valence-electron chi connectivity index (χ1n) is 5.75. The number of aryl methyl sites for hydroxylation is 2. The lowest BCUT2D eigenvalue weighted by Crippen LogP contribution is -1.89. The highest BCUT2D eigenvalue weighted by atomic mass is 14.5. The predicted octanol–water partition coefficient (Wildman–Crippen LogP) is 3.66. The van der Waals surface area contributed by atoms with Crippen molar-refractivity contribution in [3.63, 3.8) is 0 Å². The quantitative estimate of drug-likeness (QED) is 0.726. The Morgan fingerprint density at radius 2 is 2.07 bits per heavy atom. The van der Waals surface area contributed by atoms with Crippen LogP contribution < -0.4 is 5.73 Å². The fraction of sp³-hybridized carbons (Fsp3) is 0.429. The highest BCUT2D eigenvalue weighted by molar-refractivity contribution is 5.54. The van der Waals surface area contributed by atoms with Crippen molar-refractivity contribution in [3.8, 4) is 0 Å². The number of unbranched alkanes of at least 4 members (excludes halogenated alkanes) is 2. The van der Waals surface area contributed by atoms with E-state index in [1.165, 1.54) is 42.4 Å². The van der Waals surface area contributed by atoms with Crippen LogP contribution in [-0.4, -0.2) is 0 Å². The van der Waals surface area contributed by atoms with E-state index in [-0.39, 0.29) is 0 Å². The maximum Gasteiger partial charge on any atom is -0.00563 e. The molecule has 0 aliphatic carbocycles. The summed E-state index contributed by atoms with van der Waals surface area (Å²) in [6.45, 7) is 4.35. The molecule has 1 aromatic rings. The van der Waals surface area contributed by atoms with Gasteiger partial charge in [0.1, 0.15) is 0 Å². The second-order valence-corrected chi connectivity index (χ2v) is 4.01. The summed E-state index contributed by atoms with van der Waals surface area (Å²) in [4.78, 5) is 0. The monoisotopic (exact) mass is 203 g/mol. The van der Waals surface area contributed by atoms with Crippen molar-refractivity contribution in [1.29, 1.82) is 0 Å². The minimum Gasteiger partial charge on any atom is -0.405 e. The SMILES string of the molecule is CCCCCc1ccc(C)c(/C=C\N)c1. The number of nitrogens with two attached hydrogens (primary N) is 1. The van der Waals surface area contributed by atoms with Crippen LogP contribution >= 0.6 is 0 Å². The van der Waals surface area contributed by atoms with Crippen LogP contribution in [0.15, 0.2) is 24.4 Å². The van der Waals surface area contributed by atoms with Crippen LogP contribution in [0.4, 0.5) is 0 Å². The molecular weight excluding hydrogens is 182 g/mol. The number of hydrogen-bond acceptors (Lipinski definition) is 1. The van der Waals surface area contributed by atoms with Gasteiger partial charge in [-0.05, 0) is 48.7 Å². The molecule has 0 heterocycles. The van der Waals surface area contributed by atoms with Crippen LogP contribution in [0.3, 0.4) is 0 Å². The van der Waals surface area contributed by atoms with Crippen LogP contribution in [0.25, 0.3) is 6.08 Å². The van der Waals surface area contributed by atoms with Crippen LogP contribution in [0.5, 0.6) is 0 Å². The van der Waals surface area contributed by atoms with E-state index >= 15 is 0 Å². The van der Waals surface area contributed by atoms with Crippen LogP contribution in [0.1, 0.15) is 42.9 Å². The fourth-order valence-corrected chi connectivity index (χ4v) is 1.71. The van der Waals surface area contributed by atoms with E-state index in [2.05, 4.69) is 32.0 Å². The van der Waals surface area contributed by atoms with E-state index < -0.39 is 0 Å². The Morgan fingerprint density at radius 1 is 1.27 bits per heavy atom. The van der Waals surface area contributed by atoms with Gasteiger partial charge in [-0.3, -0.25) is 0 Å². The van der Waals surface area contributed by atoms with E-state index in [9.17, 15) is 0 Å². The molecule has 0 aromatic heterocycles. The van der Waals surface area contributed by atoms with Gasteiger partial charge in [-0.1, -0.05) is 38.0 Å². The highest BCUT2D eigenvalue weighted by Gasteiger charge is 1.97. The molecule has 1 heteroatoms. The minimum atomic E-state index is 1.18. The Hall–Kier alpha value is -1.24. The van der Waals surface area contributed by atoms with Gasteiger partial charge < -0.3 is 5.73 Å². The third-order valence-electron chi connectivity index (χ3n) is 2.69. The molecule has 0 fully saturated rings. The molecule has 0 amide bonds. The highest BCUT2D eigenvalue weighted by Crippen LogP contribution is 2.14. The van der Waals surface area contributed by atoms with Crippen molar-refractivity contribution in [2.75, 3.05) is 0 Å². The van der Waals surface area contributed by atoms with Crippen LogP contribution in [0.2, 0.25) is 0 Å². The molecule has 15 heavy (non-hydrogen) atoms. The maximum atomic E-state index is 5.42. The van der Waals surface area contributed by atoms with Crippen LogP contribution in [0, 0.1) is 6.92 Å². The standard InChI is InChI=1S/C14H21N/c1-3-4-5-6-13-8-7-12(2)14(11-13)9-10-15/h7-11H,3-6,15H2,1-2H3/b10-9-. The zero-order valence-electron chi connectivity index (χ0n) is 9.79. The molecule has 1 aromatic carbocycles. The fourth-order valence-electron chi connectivity index (χ4n) is 1.71. The minimum absolute atomic E-state index is 1.18. The largest absolute Gasteiger partial charge is 0.405 e. The van der Waals surface area contributed by atoms with Crippen molar-refractivity contribution in [2.24, 2.45) is 5.73 Å². The zero-order chi connectivity index (χ0) is 11.1. The van der Waals surface area contributed by atoms with E-state index in [4.69, 9.17) is 5.73 Å². The van der Waals surface area contributed by atoms with E-state index in [1.807, 2.05) is 6.08 Å². The normalized spacial score (nSPS) is 11.1. The lowest BCUT2D eigenvalue weighted by molar-refractivity contribution is 0.717.